The van der Waals surface area contributed by atoms with Crippen LogP contribution in [0.15, 0.2) is 24.3 Å². The Hall–Kier alpha value is -1.18. The Kier molecular flexibility index (Phi) is 4.67. The van der Waals surface area contributed by atoms with Gasteiger partial charge in [0.05, 0.1) is 12.4 Å². The molecule has 0 aliphatic carbocycles. The van der Waals surface area contributed by atoms with Gasteiger partial charge in [0.2, 0.25) is 0 Å². The predicted octanol–water partition coefficient (Wildman–Crippen LogP) is 1.55. The zero-order valence-corrected chi connectivity index (χ0v) is 10.6. The van der Waals surface area contributed by atoms with E-state index in [1.54, 1.807) is 0 Å². The smallest absolute Gasteiger partial charge is 0.494 e. The van der Waals surface area contributed by atoms with E-state index in [1.807, 2.05) is 0 Å². The lowest BCUT2D eigenvalue weighted by Crippen LogP contribution is -2.33. The maximum Gasteiger partial charge on any atom is 0.509 e. The Balaban J connectivity index is 2.45. The molecule has 1 rings (SSSR count). The second-order valence-electron chi connectivity index (χ2n) is 3.98. The van der Waals surface area contributed by atoms with Crippen molar-refractivity contribution in [1.82, 2.24) is 0 Å². The third kappa shape index (κ3) is 5.44. The average Bonchev–Trinajstić information content (AvgIpc) is 2.22. The Bertz CT molecular complexity index is 482. The number of halogens is 3. The fourth-order valence-electron chi connectivity index (χ4n) is 1.29. The zero-order valence-electron chi connectivity index (χ0n) is 9.77. The highest BCUT2D eigenvalue weighted by molar-refractivity contribution is 7.90. The molecule has 0 amide bonds. The van der Waals surface area contributed by atoms with Gasteiger partial charge in [-0.2, -0.15) is 0 Å². The van der Waals surface area contributed by atoms with Crippen LogP contribution in [0.1, 0.15) is 6.42 Å². The van der Waals surface area contributed by atoms with Crippen LogP contribution >= 0.6 is 0 Å². The highest BCUT2D eigenvalue weighted by Crippen LogP contribution is 2.13. The van der Waals surface area contributed by atoms with Crippen molar-refractivity contribution in [3.8, 4) is 5.75 Å². The first kappa shape index (κ1) is 14.9. The lowest BCUT2D eigenvalue weighted by Gasteiger charge is -2.15. The topological polar surface area (TPSA) is 43.4 Å². The number of ether oxygens (including phenoxy) is 1. The Labute approximate surface area is 104 Å². The fourth-order valence-corrected chi connectivity index (χ4v) is 1.94. The molecule has 0 saturated carbocycles. The van der Waals surface area contributed by atoms with E-state index in [0.717, 1.165) is 18.4 Å². The number of sulfone groups is 1. The fraction of sp³-hybridized carbons (Fsp3) is 0.400. The van der Waals surface area contributed by atoms with Crippen molar-refractivity contribution in [2.75, 3.05) is 18.6 Å². The quantitative estimate of drug-likeness (QED) is 0.587. The van der Waals surface area contributed by atoms with Crippen molar-refractivity contribution in [3.63, 3.8) is 0 Å². The van der Waals surface area contributed by atoms with Gasteiger partial charge >= 0.3 is 6.98 Å². The lowest BCUT2D eigenvalue weighted by molar-refractivity contribution is 0.318. The number of rotatable bonds is 6. The van der Waals surface area contributed by atoms with Gasteiger partial charge in [0, 0.05) is 6.26 Å². The second kappa shape index (κ2) is 5.64. The van der Waals surface area contributed by atoms with Crippen molar-refractivity contribution < 1.29 is 26.1 Å². The molecule has 0 aliphatic heterocycles. The molecule has 0 aliphatic rings. The van der Waals surface area contributed by atoms with E-state index in [9.17, 15) is 21.4 Å². The largest absolute Gasteiger partial charge is 0.509 e. The van der Waals surface area contributed by atoms with Gasteiger partial charge in [-0.1, -0.05) is 12.1 Å². The number of benzene rings is 1. The summed E-state index contributed by atoms with van der Waals surface area (Å²) < 4.78 is 63.7. The van der Waals surface area contributed by atoms with Crippen LogP contribution in [0, 0.1) is 0 Å². The van der Waals surface area contributed by atoms with Crippen molar-refractivity contribution in [2.45, 2.75) is 6.42 Å². The second-order valence-corrected chi connectivity index (χ2v) is 6.24. The summed E-state index contributed by atoms with van der Waals surface area (Å²) >= 11 is 0. The molecular weight excluding hydrogens is 268 g/mol. The van der Waals surface area contributed by atoms with E-state index in [2.05, 4.69) is 0 Å². The minimum absolute atomic E-state index is 0.00323. The highest BCUT2D eigenvalue weighted by Gasteiger charge is 2.24. The van der Waals surface area contributed by atoms with E-state index in [0.29, 0.717) is 12.2 Å². The van der Waals surface area contributed by atoms with E-state index in [-0.39, 0.29) is 12.4 Å². The first-order chi connectivity index (χ1) is 8.18. The normalized spacial score (nSPS) is 12.4. The summed E-state index contributed by atoms with van der Waals surface area (Å²) in [5, 5.41) is 0. The number of hydrogen-bond acceptors (Lipinski definition) is 3. The Morgan fingerprint density at radius 2 is 1.72 bits per heavy atom. The summed E-state index contributed by atoms with van der Waals surface area (Å²) in [6.07, 6.45) is 1.43. The lowest BCUT2D eigenvalue weighted by atomic mass is 9.80. The molecule has 0 saturated heterocycles. The zero-order chi connectivity index (χ0) is 13.8. The van der Waals surface area contributed by atoms with Gasteiger partial charge in [-0.15, -0.1) is 5.46 Å². The van der Waals surface area contributed by atoms with Gasteiger partial charge in [0.15, 0.2) is 0 Å². The molecule has 0 atom stereocenters. The average molecular weight is 281 g/mol. The van der Waals surface area contributed by atoms with Gasteiger partial charge < -0.3 is 17.7 Å². The third-order valence-corrected chi connectivity index (χ3v) is 3.22. The molecular formula is C10H13BF3O3S-. The van der Waals surface area contributed by atoms with Gasteiger partial charge in [0.25, 0.3) is 0 Å². The molecule has 1 aromatic carbocycles. The van der Waals surface area contributed by atoms with Crippen LogP contribution in [0.4, 0.5) is 12.9 Å². The van der Waals surface area contributed by atoms with Crippen LogP contribution in [0.25, 0.3) is 0 Å². The van der Waals surface area contributed by atoms with Crippen molar-refractivity contribution >= 4 is 22.3 Å². The van der Waals surface area contributed by atoms with E-state index >= 15 is 0 Å². The van der Waals surface area contributed by atoms with Crippen LogP contribution in [0.5, 0.6) is 5.75 Å². The minimum Gasteiger partial charge on any atom is -0.494 e. The molecule has 0 unspecified atom stereocenters. The predicted molar refractivity (Wildman–Crippen MR) is 65.0 cm³/mol. The van der Waals surface area contributed by atoms with Crippen LogP contribution in [0.2, 0.25) is 0 Å². The molecule has 18 heavy (non-hydrogen) atoms. The first-order valence-corrected chi connectivity index (χ1v) is 7.35. The van der Waals surface area contributed by atoms with Crippen molar-refractivity contribution in [2.24, 2.45) is 0 Å². The van der Waals surface area contributed by atoms with Crippen LogP contribution < -0.4 is 10.2 Å². The molecule has 0 fully saturated rings. The molecule has 1 aromatic rings. The molecule has 102 valence electrons. The van der Waals surface area contributed by atoms with Gasteiger partial charge in [-0.25, -0.2) is 8.42 Å². The summed E-state index contributed by atoms with van der Waals surface area (Å²) in [7, 11) is -3.03. The van der Waals surface area contributed by atoms with Gasteiger partial charge in [-0.05, 0) is 18.6 Å². The van der Waals surface area contributed by atoms with E-state index in [1.165, 1.54) is 12.1 Å². The van der Waals surface area contributed by atoms with E-state index < -0.39 is 22.3 Å². The molecule has 0 bridgehead atoms. The summed E-state index contributed by atoms with van der Waals surface area (Å²) in [4.78, 5) is 0. The molecule has 3 nitrogen and oxygen atoms in total. The monoisotopic (exact) mass is 281 g/mol. The van der Waals surface area contributed by atoms with Crippen LogP contribution in [-0.4, -0.2) is 34.0 Å². The molecule has 8 heteroatoms. The van der Waals surface area contributed by atoms with Gasteiger partial charge in [0.1, 0.15) is 15.6 Å². The maximum atomic E-state index is 12.3. The van der Waals surface area contributed by atoms with Crippen molar-refractivity contribution in [1.29, 1.82) is 0 Å². The number of hydrogen-bond donors (Lipinski definition) is 0. The highest BCUT2D eigenvalue weighted by atomic mass is 32.2. The molecule has 0 spiro atoms. The first-order valence-electron chi connectivity index (χ1n) is 5.29. The van der Waals surface area contributed by atoms with Crippen LogP contribution in [-0.2, 0) is 9.84 Å². The van der Waals surface area contributed by atoms with Crippen LogP contribution in [0.3, 0.4) is 0 Å². The van der Waals surface area contributed by atoms with E-state index in [4.69, 9.17) is 4.74 Å². The third-order valence-electron chi connectivity index (χ3n) is 2.19. The summed E-state index contributed by atoms with van der Waals surface area (Å²) in [6, 6.07) is 4.35. The standard InChI is InChI=1S/C10H13BF3O3S/c1-18(15,16)8-2-7-17-10-5-3-9(4-6-10)11(12,13)14/h3-6H,2,7-8H2,1H3/q-1. The summed E-state index contributed by atoms with van der Waals surface area (Å²) in [6.45, 7) is -4.83. The minimum atomic E-state index is -4.99. The molecule has 0 N–H and O–H groups in total. The summed E-state index contributed by atoms with van der Waals surface area (Å²) in [5.41, 5.74) is -0.682. The molecule has 0 heterocycles. The Morgan fingerprint density at radius 1 is 1.17 bits per heavy atom. The van der Waals surface area contributed by atoms with Crippen molar-refractivity contribution in [3.05, 3.63) is 24.3 Å². The summed E-state index contributed by atoms with van der Waals surface area (Å²) in [5.74, 6) is 0.295. The van der Waals surface area contributed by atoms with Gasteiger partial charge in [-0.3, -0.25) is 0 Å². The molecule has 0 aromatic heterocycles. The SMILES string of the molecule is CS(=O)(=O)CCCOc1ccc([B-](F)(F)F)cc1. The maximum absolute atomic E-state index is 12.3. The Morgan fingerprint density at radius 3 is 2.17 bits per heavy atom. The molecule has 0 radical (unpaired) electrons.